The first-order valence-corrected chi connectivity index (χ1v) is 8.48. The van der Waals surface area contributed by atoms with Crippen molar-refractivity contribution in [1.82, 2.24) is 4.90 Å². The standard InChI is InChI=1S/C17H31NO3/c1-17(2,3)21-16(20)18-10-13(12-19)9-15(11-18)14-7-5-4-6-8-14/h13-15,19H,4-12H2,1-3H3. The summed E-state index contributed by atoms with van der Waals surface area (Å²) in [6, 6.07) is 0. The van der Waals surface area contributed by atoms with Crippen LogP contribution < -0.4 is 0 Å². The molecule has 1 aliphatic carbocycles. The number of aliphatic hydroxyl groups is 1. The average molecular weight is 297 g/mol. The van der Waals surface area contributed by atoms with E-state index in [0.717, 1.165) is 18.9 Å². The van der Waals surface area contributed by atoms with Crippen LogP contribution in [0.4, 0.5) is 4.79 Å². The summed E-state index contributed by atoms with van der Waals surface area (Å²) in [5.74, 6) is 1.46. The maximum atomic E-state index is 12.3. The van der Waals surface area contributed by atoms with Gasteiger partial charge in [0, 0.05) is 25.6 Å². The Kier molecular flexibility index (Phi) is 5.53. The van der Waals surface area contributed by atoms with Crippen LogP contribution in [0.3, 0.4) is 0 Å². The molecule has 1 saturated heterocycles. The molecule has 1 heterocycles. The van der Waals surface area contributed by atoms with Crippen LogP contribution in [0.1, 0.15) is 59.3 Å². The molecule has 0 aromatic rings. The zero-order valence-electron chi connectivity index (χ0n) is 13.8. The van der Waals surface area contributed by atoms with Gasteiger partial charge >= 0.3 is 6.09 Å². The van der Waals surface area contributed by atoms with Crippen LogP contribution in [0.5, 0.6) is 0 Å². The zero-order valence-corrected chi connectivity index (χ0v) is 13.8. The first-order chi connectivity index (χ1) is 9.89. The van der Waals surface area contributed by atoms with E-state index in [0.29, 0.717) is 12.5 Å². The highest BCUT2D eigenvalue weighted by molar-refractivity contribution is 5.68. The van der Waals surface area contributed by atoms with Gasteiger partial charge in [0.15, 0.2) is 0 Å². The Balaban J connectivity index is 1.99. The summed E-state index contributed by atoms with van der Waals surface area (Å²) >= 11 is 0. The van der Waals surface area contributed by atoms with Crippen LogP contribution in [0.25, 0.3) is 0 Å². The number of rotatable bonds is 2. The van der Waals surface area contributed by atoms with Crippen molar-refractivity contribution in [3.8, 4) is 0 Å². The van der Waals surface area contributed by atoms with E-state index in [4.69, 9.17) is 4.74 Å². The van der Waals surface area contributed by atoms with Gasteiger partial charge in [0.05, 0.1) is 0 Å². The van der Waals surface area contributed by atoms with Gasteiger partial charge in [0.25, 0.3) is 0 Å². The number of aliphatic hydroxyl groups excluding tert-OH is 1. The summed E-state index contributed by atoms with van der Waals surface area (Å²) in [6.07, 6.45) is 7.38. The van der Waals surface area contributed by atoms with Crippen molar-refractivity contribution in [3.05, 3.63) is 0 Å². The van der Waals surface area contributed by atoms with Gasteiger partial charge in [-0.05, 0) is 39.0 Å². The summed E-state index contributed by atoms with van der Waals surface area (Å²) in [7, 11) is 0. The lowest BCUT2D eigenvalue weighted by molar-refractivity contribution is -0.00328. The normalized spacial score (nSPS) is 28.5. The minimum atomic E-state index is -0.455. The van der Waals surface area contributed by atoms with Gasteiger partial charge in [-0.2, -0.15) is 0 Å². The third kappa shape index (κ3) is 4.87. The first kappa shape index (κ1) is 16.6. The number of nitrogens with zero attached hydrogens (tertiary/aromatic N) is 1. The van der Waals surface area contributed by atoms with Crippen molar-refractivity contribution < 1.29 is 14.6 Å². The second-order valence-corrected chi connectivity index (χ2v) is 7.83. The second kappa shape index (κ2) is 6.99. The van der Waals surface area contributed by atoms with Crippen LogP contribution in [0.2, 0.25) is 0 Å². The maximum absolute atomic E-state index is 12.3. The van der Waals surface area contributed by atoms with E-state index in [-0.39, 0.29) is 18.6 Å². The van der Waals surface area contributed by atoms with Gasteiger partial charge in [-0.15, -0.1) is 0 Å². The van der Waals surface area contributed by atoms with Crippen molar-refractivity contribution in [2.75, 3.05) is 19.7 Å². The Morgan fingerprint density at radius 2 is 1.81 bits per heavy atom. The Morgan fingerprint density at radius 3 is 2.38 bits per heavy atom. The maximum Gasteiger partial charge on any atom is 0.410 e. The Bertz CT molecular complexity index is 344. The van der Waals surface area contributed by atoms with Gasteiger partial charge < -0.3 is 14.7 Å². The molecule has 1 saturated carbocycles. The van der Waals surface area contributed by atoms with E-state index in [1.807, 2.05) is 25.7 Å². The van der Waals surface area contributed by atoms with Crippen molar-refractivity contribution in [2.45, 2.75) is 64.9 Å². The molecule has 1 amide bonds. The Labute approximate surface area is 128 Å². The van der Waals surface area contributed by atoms with E-state index in [9.17, 15) is 9.90 Å². The fourth-order valence-corrected chi connectivity index (χ4v) is 3.80. The predicted octanol–water partition coefficient (Wildman–Crippen LogP) is 3.43. The van der Waals surface area contributed by atoms with E-state index < -0.39 is 5.60 Å². The van der Waals surface area contributed by atoms with Crippen molar-refractivity contribution >= 4 is 6.09 Å². The van der Waals surface area contributed by atoms with Crippen molar-refractivity contribution in [1.29, 1.82) is 0 Å². The molecule has 4 heteroatoms. The molecule has 2 rings (SSSR count). The number of ether oxygens (including phenoxy) is 1. The lowest BCUT2D eigenvalue weighted by Gasteiger charge is -2.41. The summed E-state index contributed by atoms with van der Waals surface area (Å²) in [5, 5.41) is 9.56. The third-order valence-corrected chi connectivity index (χ3v) is 4.80. The van der Waals surface area contributed by atoms with Crippen LogP contribution >= 0.6 is 0 Å². The lowest BCUT2D eigenvalue weighted by Crippen LogP contribution is -2.48. The second-order valence-electron chi connectivity index (χ2n) is 7.83. The number of hydrogen-bond donors (Lipinski definition) is 1. The van der Waals surface area contributed by atoms with Crippen LogP contribution in [0, 0.1) is 17.8 Å². The van der Waals surface area contributed by atoms with Gasteiger partial charge in [0.1, 0.15) is 5.60 Å². The van der Waals surface area contributed by atoms with Crippen molar-refractivity contribution in [3.63, 3.8) is 0 Å². The van der Waals surface area contributed by atoms with E-state index >= 15 is 0 Å². The number of carbonyl (C=O) groups excluding carboxylic acids is 1. The van der Waals surface area contributed by atoms with Gasteiger partial charge in [-0.1, -0.05) is 32.1 Å². The average Bonchev–Trinajstić information content (AvgIpc) is 2.46. The lowest BCUT2D eigenvalue weighted by atomic mass is 9.74. The highest BCUT2D eigenvalue weighted by Crippen LogP contribution is 2.36. The number of carbonyl (C=O) groups is 1. The molecular weight excluding hydrogens is 266 g/mol. The molecule has 0 bridgehead atoms. The van der Waals surface area contributed by atoms with Crippen molar-refractivity contribution in [2.24, 2.45) is 17.8 Å². The van der Waals surface area contributed by atoms with Gasteiger partial charge in [0.2, 0.25) is 0 Å². The van der Waals surface area contributed by atoms with E-state index in [2.05, 4.69) is 0 Å². The fourth-order valence-electron chi connectivity index (χ4n) is 3.80. The summed E-state index contributed by atoms with van der Waals surface area (Å²) < 4.78 is 5.51. The quantitative estimate of drug-likeness (QED) is 0.849. The molecule has 2 aliphatic rings. The molecule has 0 spiro atoms. The number of piperidine rings is 1. The van der Waals surface area contributed by atoms with Crippen LogP contribution in [-0.2, 0) is 4.74 Å². The van der Waals surface area contributed by atoms with Gasteiger partial charge in [-0.3, -0.25) is 0 Å². The molecule has 1 aliphatic heterocycles. The van der Waals surface area contributed by atoms with Gasteiger partial charge in [-0.25, -0.2) is 4.79 Å². The largest absolute Gasteiger partial charge is 0.444 e. The highest BCUT2D eigenvalue weighted by atomic mass is 16.6. The molecule has 1 N–H and O–H groups in total. The minimum Gasteiger partial charge on any atom is -0.444 e. The molecule has 0 aromatic heterocycles. The number of amides is 1. The smallest absolute Gasteiger partial charge is 0.410 e. The SMILES string of the molecule is CC(C)(C)OC(=O)N1CC(CO)CC(C2CCCCC2)C1. The molecule has 2 fully saturated rings. The molecule has 2 unspecified atom stereocenters. The molecular formula is C17H31NO3. The molecule has 4 nitrogen and oxygen atoms in total. The van der Waals surface area contributed by atoms with Crippen LogP contribution in [-0.4, -0.2) is 41.4 Å². The monoisotopic (exact) mass is 297 g/mol. The Hall–Kier alpha value is -0.770. The topological polar surface area (TPSA) is 49.8 Å². The molecule has 0 radical (unpaired) electrons. The number of likely N-dealkylation sites (tertiary alicyclic amines) is 1. The molecule has 122 valence electrons. The molecule has 2 atom stereocenters. The summed E-state index contributed by atoms with van der Waals surface area (Å²) in [5.41, 5.74) is -0.455. The summed E-state index contributed by atoms with van der Waals surface area (Å²) in [4.78, 5) is 14.2. The fraction of sp³-hybridized carbons (Fsp3) is 0.941. The van der Waals surface area contributed by atoms with E-state index in [1.165, 1.54) is 32.1 Å². The zero-order chi connectivity index (χ0) is 15.5. The first-order valence-electron chi connectivity index (χ1n) is 8.48. The molecule has 21 heavy (non-hydrogen) atoms. The third-order valence-electron chi connectivity index (χ3n) is 4.80. The number of hydrogen-bond acceptors (Lipinski definition) is 3. The highest BCUT2D eigenvalue weighted by Gasteiger charge is 2.35. The van der Waals surface area contributed by atoms with E-state index in [1.54, 1.807) is 0 Å². The Morgan fingerprint density at radius 1 is 1.14 bits per heavy atom. The molecule has 0 aromatic carbocycles. The minimum absolute atomic E-state index is 0.169. The summed E-state index contributed by atoms with van der Waals surface area (Å²) in [6.45, 7) is 7.30. The van der Waals surface area contributed by atoms with Crippen LogP contribution in [0.15, 0.2) is 0 Å². The predicted molar refractivity (Wildman–Crippen MR) is 83.1 cm³/mol.